The molecule has 0 radical (unpaired) electrons. The summed E-state index contributed by atoms with van der Waals surface area (Å²) in [4.78, 5) is 0. The Morgan fingerprint density at radius 2 is 2.00 bits per heavy atom. The van der Waals surface area contributed by atoms with Crippen molar-refractivity contribution in [3.63, 3.8) is 0 Å². The number of nitrogens with zero attached hydrogens (tertiary/aromatic N) is 2. The topological polar surface area (TPSA) is 37.8 Å². The smallest absolute Gasteiger partial charge is 0.134 e. The van der Waals surface area contributed by atoms with Crippen molar-refractivity contribution in [2.45, 2.75) is 53.0 Å². The van der Waals surface area contributed by atoms with E-state index in [0.717, 1.165) is 30.8 Å². The van der Waals surface area contributed by atoms with Crippen LogP contribution < -0.4 is 5.32 Å². The predicted molar refractivity (Wildman–Crippen MR) is 69.8 cm³/mol. The molecule has 1 aromatic heterocycles. The summed E-state index contributed by atoms with van der Waals surface area (Å²) in [6.07, 6.45) is 3.28. The van der Waals surface area contributed by atoms with E-state index >= 15 is 0 Å². The molecule has 0 aliphatic carbocycles. The number of nitrogens with one attached hydrogen (secondary N) is 1. The van der Waals surface area contributed by atoms with Crippen molar-refractivity contribution in [2.24, 2.45) is 5.92 Å². The monoisotopic (exact) mass is 241 g/mol. The molecule has 1 unspecified atom stereocenters. The summed E-state index contributed by atoms with van der Waals surface area (Å²) in [5.41, 5.74) is 0. The first-order valence-electron chi connectivity index (χ1n) is 6.23. The zero-order valence-electron chi connectivity index (χ0n) is 10.8. The van der Waals surface area contributed by atoms with E-state index in [4.69, 9.17) is 0 Å². The molecule has 0 aliphatic heterocycles. The van der Waals surface area contributed by atoms with Crippen molar-refractivity contribution in [3.8, 4) is 0 Å². The lowest BCUT2D eigenvalue weighted by molar-refractivity contribution is 0.512. The Labute approximate surface area is 103 Å². The molecule has 0 fully saturated rings. The van der Waals surface area contributed by atoms with Crippen LogP contribution in [0.1, 0.15) is 56.6 Å². The largest absolute Gasteiger partial charge is 0.308 e. The Morgan fingerprint density at radius 1 is 1.25 bits per heavy atom. The van der Waals surface area contributed by atoms with E-state index < -0.39 is 0 Å². The third kappa shape index (κ3) is 4.18. The highest BCUT2D eigenvalue weighted by molar-refractivity contribution is 7.11. The molecule has 0 bridgehead atoms. The van der Waals surface area contributed by atoms with E-state index in [1.807, 2.05) is 0 Å². The fraction of sp³-hybridized carbons (Fsp3) is 0.833. The average Bonchev–Trinajstić information content (AvgIpc) is 2.67. The molecule has 4 heteroatoms. The molecule has 0 saturated heterocycles. The molecule has 16 heavy (non-hydrogen) atoms. The van der Waals surface area contributed by atoms with Crippen LogP contribution in [0.25, 0.3) is 0 Å². The molecule has 0 amide bonds. The lowest BCUT2D eigenvalue weighted by Crippen LogP contribution is -2.21. The van der Waals surface area contributed by atoms with Crippen LogP contribution >= 0.6 is 11.3 Å². The van der Waals surface area contributed by atoms with Gasteiger partial charge in [0.05, 0.1) is 6.04 Å². The van der Waals surface area contributed by atoms with Gasteiger partial charge in [-0.1, -0.05) is 39.0 Å². The standard InChI is InChI=1S/C12H23N3S/c1-5-7-13-10(6-2)12-15-14-11(16-12)8-9(3)4/h9-10,13H,5-8H2,1-4H3. The zero-order valence-corrected chi connectivity index (χ0v) is 11.6. The van der Waals surface area contributed by atoms with Crippen LogP contribution in [0, 0.1) is 5.92 Å². The van der Waals surface area contributed by atoms with E-state index in [1.54, 1.807) is 11.3 Å². The second kappa shape index (κ2) is 6.97. The van der Waals surface area contributed by atoms with Crippen molar-refractivity contribution in [3.05, 3.63) is 10.0 Å². The van der Waals surface area contributed by atoms with Gasteiger partial charge in [0.25, 0.3) is 0 Å². The van der Waals surface area contributed by atoms with Crippen LogP contribution in [-0.4, -0.2) is 16.7 Å². The van der Waals surface area contributed by atoms with Crippen LogP contribution in [0.5, 0.6) is 0 Å². The Bertz CT molecular complexity index is 296. The lowest BCUT2D eigenvalue weighted by Gasteiger charge is -2.12. The fourth-order valence-corrected chi connectivity index (χ4v) is 2.78. The normalized spacial score (nSPS) is 13.3. The fourth-order valence-electron chi connectivity index (χ4n) is 1.56. The quantitative estimate of drug-likeness (QED) is 0.796. The highest BCUT2D eigenvalue weighted by Gasteiger charge is 2.14. The van der Waals surface area contributed by atoms with Gasteiger partial charge >= 0.3 is 0 Å². The van der Waals surface area contributed by atoms with E-state index in [-0.39, 0.29) is 0 Å². The van der Waals surface area contributed by atoms with Gasteiger partial charge in [0, 0.05) is 6.42 Å². The van der Waals surface area contributed by atoms with E-state index in [0.29, 0.717) is 12.0 Å². The van der Waals surface area contributed by atoms with E-state index in [2.05, 4.69) is 43.2 Å². The zero-order chi connectivity index (χ0) is 12.0. The third-order valence-electron chi connectivity index (χ3n) is 2.41. The molecule has 1 N–H and O–H groups in total. The maximum Gasteiger partial charge on any atom is 0.134 e. The number of hydrogen-bond donors (Lipinski definition) is 1. The van der Waals surface area contributed by atoms with Gasteiger partial charge < -0.3 is 5.32 Å². The number of rotatable bonds is 7. The maximum absolute atomic E-state index is 4.30. The summed E-state index contributed by atoms with van der Waals surface area (Å²) >= 11 is 1.76. The minimum absolute atomic E-state index is 0.387. The Hall–Kier alpha value is -0.480. The molecule has 3 nitrogen and oxygen atoms in total. The second-order valence-electron chi connectivity index (χ2n) is 4.55. The second-order valence-corrected chi connectivity index (χ2v) is 5.64. The highest BCUT2D eigenvalue weighted by atomic mass is 32.1. The third-order valence-corrected chi connectivity index (χ3v) is 3.47. The molecule has 0 aromatic carbocycles. The molecular formula is C12H23N3S. The summed E-state index contributed by atoms with van der Waals surface area (Å²) in [6, 6.07) is 0.387. The Kier molecular flexibility index (Phi) is 5.91. The number of aromatic nitrogens is 2. The van der Waals surface area contributed by atoms with E-state index in [1.165, 1.54) is 5.01 Å². The van der Waals surface area contributed by atoms with Crippen LogP contribution in [0.15, 0.2) is 0 Å². The van der Waals surface area contributed by atoms with Crippen molar-refractivity contribution in [1.29, 1.82) is 0 Å². The van der Waals surface area contributed by atoms with Gasteiger partial charge in [-0.05, 0) is 25.3 Å². The summed E-state index contributed by atoms with van der Waals surface area (Å²) in [5.74, 6) is 0.657. The molecule has 1 rings (SSSR count). The first-order chi connectivity index (χ1) is 7.67. The van der Waals surface area contributed by atoms with Crippen molar-refractivity contribution in [2.75, 3.05) is 6.54 Å². The van der Waals surface area contributed by atoms with Gasteiger partial charge in [-0.15, -0.1) is 10.2 Å². The first kappa shape index (κ1) is 13.6. The van der Waals surface area contributed by atoms with Gasteiger partial charge in [0.2, 0.25) is 0 Å². The Morgan fingerprint density at radius 3 is 2.56 bits per heavy atom. The molecular weight excluding hydrogens is 218 g/mol. The molecule has 92 valence electrons. The highest BCUT2D eigenvalue weighted by Crippen LogP contribution is 2.22. The summed E-state index contributed by atoms with van der Waals surface area (Å²) in [6.45, 7) is 9.86. The van der Waals surface area contributed by atoms with Gasteiger partial charge in [0.15, 0.2) is 0 Å². The van der Waals surface area contributed by atoms with Crippen molar-refractivity contribution < 1.29 is 0 Å². The molecule has 1 atom stereocenters. The van der Waals surface area contributed by atoms with Crippen LogP contribution in [-0.2, 0) is 6.42 Å². The van der Waals surface area contributed by atoms with Gasteiger partial charge in [0.1, 0.15) is 10.0 Å². The van der Waals surface area contributed by atoms with Crippen molar-refractivity contribution >= 4 is 11.3 Å². The molecule has 1 heterocycles. The van der Waals surface area contributed by atoms with Gasteiger partial charge in [-0.2, -0.15) is 0 Å². The molecule has 0 aliphatic rings. The minimum atomic E-state index is 0.387. The van der Waals surface area contributed by atoms with Crippen molar-refractivity contribution in [1.82, 2.24) is 15.5 Å². The van der Waals surface area contributed by atoms with Gasteiger partial charge in [-0.3, -0.25) is 0 Å². The summed E-state index contributed by atoms with van der Waals surface area (Å²) in [5, 5.41) is 14.4. The van der Waals surface area contributed by atoms with Crippen LogP contribution in [0.4, 0.5) is 0 Å². The molecule has 1 aromatic rings. The summed E-state index contributed by atoms with van der Waals surface area (Å²) in [7, 11) is 0. The minimum Gasteiger partial charge on any atom is -0.308 e. The number of hydrogen-bond acceptors (Lipinski definition) is 4. The van der Waals surface area contributed by atoms with Crippen LogP contribution in [0.2, 0.25) is 0 Å². The molecule has 0 spiro atoms. The van der Waals surface area contributed by atoms with Crippen LogP contribution in [0.3, 0.4) is 0 Å². The summed E-state index contributed by atoms with van der Waals surface area (Å²) < 4.78 is 0. The Balaban J connectivity index is 2.59. The van der Waals surface area contributed by atoms with Gasteiger partial charge in [-0.25, -0.2) is 0 Å². The SMILES string of the molecule is CCCNC(CC)c1nnc(CC(C)C)s1. The first-order valence-corrected chi connectivity index (χ1v) is 7.04. The maximum atomic E-state index is 4.30. The lowest BCUT2D eigenvalue weighted by atomic mass is 10.1. The predicted octanol–water partition coefficient (Wildman–Crippen LogP) is 3.19. The van der Waals surface area contributed by atoms with E-state index in [9.17, 15) is 0 Å². The molecule has 0 saturated carbocycles. The average molecular weight is 241 g/mol.